The Balaban J connectivity index is 1.14. The molecule has 68 heavy (non-hydrogen) atoms. The van der Waals surface area contributed by atoms with Crippen molar-refractivity contribution in [1.82, 2.24) is 0 Å². The molecule has 6 rings (SSSR count). The largest absolute Gasteiger partial charge is 0.465 e. The van der Waals surface area contributed by atoms with E-state index in [-0.39, 0.29) is 71.1 Å². The Labute approximate surface area is 397 Å². The summed E-state index contributed by atoms with van der Waals surface area (Å²) in [6, 6.07) is 19.9. The highest BCUT2D eigenvalue weighted by Gasteiger charge is 2.48. The van der Waals surface area contributed by atoms with Gasteiger partial charge in [-0.15, -0.1) is 0 Å². The van der Waals surface area contributed by atoms with Gasteiger partial charge in [-0.1, -0.05) is 50.4 Å². The number of nitro benzene ring substituents is 2. The standard InChI is InChI=1S/C52H64N2O14/c1-32-26-41(23-24-44-33(2)27-40(65-44)14-11-25-63-51(57)52(4,5)6)66-45(34(32)3)30-46-43(28-35-12-9-8-10-13-35)48(62-7)47(68-46)29-42(67-50(56)37-17-21-39(22-18-37)54(60)61)31-64-49(55)36-15-19-38(20-16-36)53(58)59/h8-10,12-13,15-22,32,40-48H,2-3,11,14,23-31H2,1,4-7H3/t32?,40-,41-,42-,43-,44?,45+,46?,47+,48+/m0/s1. The number of non-ortho nitro benzene ring substituents is 2. The van der Waals surface area contributed by atoms with Crippen molar-refractivity contribution in [3.05, 3.63) is 140 Å². The van der Waals surface area contributed by atoms with Crippen molar-refractivity contribution in [2.75, 3.05) is 20.3 Å². The van der Waals surface area contributed by atoms with E-state index >= 15 is 0 Å². The summed E-state index contributed by atoms with van der Waals surface area (Å²) in [5, 5.41) is 22.5. The van der Waals surface area contributed by atoms with Gasteiger partial charge in [-0.25, -0.2) is 9.59 Å². The molecule has 0 bridgehead atoms. The Morgan fingerprint density at radius 1 is 0.779 bits per heavy atom. The summed E-state index contributed by atoms with van der Waals surface area (Å²) in [7, 11) is 1.60. The van der Waals surface area contributed by atoms with E-state index in [1.807, 2.05) is 51.1 Å². The van der Waals surface area contributed by atoms with Crippen LogP contribution in [0.25, 0.3) is 0 Å². The molecule has 3 aromatic rings. The van der Waals surface area contributed by atoms with Crippen LogP contribution in [0.4, 0.5) is 11.4 Å². The topological polar surface area (TPSA) is 202 Å². The fourth-order valence-electron chi connectivity index (χ4n) is 9.20. The van der Waals surface area contributed by atoms with Crippen LogP contribution >= 0.6 is 0 Å². The molecule has 0 saturated carbocycles. The van der Waals surface area contributed by atoms with Gasteiger partial charge in [0, 0.05) is 50.1 Å². The number of rotatable bonds is 21. The Morgan fingerprint density at radius 3 is 2.00 bits per heavy atom. The zero-order chi connectivity index (χ0) is 49.1. The lowest BCUT2D eigenvalue weighted by Crippen LogP contribution is -2.39. The second-order valence-electron chi connectivity index (χ2n) is 19.1. The van der Waals surface area contributed by atoms with Crippen LogP contribution in [0.5, 0.6) is 0 Å². The van der Waals surface area contributed by atoms with Crippen molar-refractivity contribution in [2.24, 2.45) is 17.3 Å². The van der Waals surface area contributed by atoms with Gasteiger partial charge < -0.3 is 33.2 Å². The highest BCUT2D eigenvalue weighted by molar-refractivity contribution is 5.90. The summed E-state index contributed by atoms with van der Waals surface area (Å²) in [6.07, 6.45) is 2.61. The van der Waals surface area contributed by atoms with E-state index in [9.17, 15) is 34.6 Å². The molecule has 3 fully saturated rings. The maximum atomic E-state index is 13.6. The predicted octanol–water partition coefficient (Wildman–Crippen LogP) is 9.52. The minimum atomic E-state index is -1.07. The zero-order valence-electron chi connectivity index (χ0n) is 39.6. The monoisotopic (exact) mass is 940 g/mol. The maximum absolute atomic E-state index is 13.6. The molecule has 0 radical (unpaired) electrons. The van der Waals surface area contributed by atoms with E-state index in [2.05, 4.69) is 20.1 Å². The molecular formula is C52H64N2O14. The van der Waals surface area contributed by atoms with Crippen molar-refractivity contribution in [1.29, 1.82) is 0 Å². The number of nitro groups is 2. The lowest BCUT2D eigenvalue weighted by molar-refractivity contribution is -0.385. The Hall–Kier alpha value is -5.81. The number of ether oxygens (including phenoxy) is 7. The van der Waals surface area contributed by atoms with E-state index in [1.165, 1.54) is 48.5 Å². The molecule has 0 amide bonds. The third-order valence-electron chi connectivity index (χ3n) is 13.0. The maximum Gasteiger partial charge on any atom is 0.338 e. The van der Waals surface area contributed by atoms with E-state index in [4.69, 9.17) is 33.2 Å². The highest BCUT2D eigenvalue weighted by atomic mass is 16.6. The lowest BCUT2D eigenvalue weighted by atomic mass is 9.81. The Bertz CT molecular complexity index is 2240. The number of benzene rings is 3. The first-order valence-corrected chi connectivity index (χ1v) is 23.3. The van der Waals surface area contributed by atoms with Crippen LogP contribution in [0, 0.1) is 37.5 Å². The van der Waals surface area contributed by atoms with E-state index in [0.29, 0.717) is 25.9 Å². The molecule has 3 heterocycles. The average molecular weight is 941 g/mol. The van der Waals surface area contributed by atoms with Gasteiger partial charge in [-0.05, 0) is 113 Å². The van der Waals surface area contributed by atoms with Crippen LogP contribution in [-0.2, 0) is 44.4 Å². The van der Waals surface area contributed by atoms with Crippen LogP contribution in [0.2, 0.25) is 0 Å². The fraction of sp³-hybridized carbons (Fsp3) is 0.519. The SMILES string of the molecule is C=C1C[C@H](CCCOC(=O)C(C)(C)C)OC1CC[C@H]1CC(C)C(=C)[C@@H](CC2O[C@H](C[C@@H](COC(=O)c3ccc([N+](=O)[O-])cc3)OC(=O)c3ccc([N+](=O)[O-])cc3)[C@H](OC)[C@H]2Cc2ccccc2)O1. The number of carbonyl (C=O) groups excluding carboxylic acids is 3. The first-order chi connectivity index (χ1) is 32.4. The van der Waals surface area contributed by atoms with Crippen LogP contribution in [0.3, 0.4) is 0 Å². The second kappa shape index (κ2) is 23.5. The van der Waals surface area contributed by atoms with Crippen molar-refractivity contribution in [2.45, 2.75) is 134 Å². The first kappa shape index (κ1) is 51.6. The lowest BCUT2D eigenvalue weighted by Gasteiger charge is -2.38. The summed E-state index contributed by atoms with van der Waals surface area (Å²) in [5.41, 5.74) is 2.27. The van der Waals surface area contributed by atoms with Gasteiger partial charge in [-0.3, -0.25) is 25.0 Å². The predicted molar refractivity (Wildman–Crippen MR) is 251 cm³/mol. The van der Waals surface area contributed by atoms with Gasteiger partial charge in [0.05, 0.1) is 75.7 Å². The molecule has 10 atom stereocenters. The number of hydrogen-bond donors (Lipinski definition) is 0. The summed E-state index contributed by atoms with van der Waals surface area (Å²) >= 11 is 0. The molecule has 3 aliphatic rings. The number of nitrogens with zero attached hydrogens (tertiary/aromatic N) is 2. The first-order valence-electron chi connectivity index (χ1n) is 23.3. The molecule has 3 aliphatic heterocycles. The zero-order valence-corrected chi connectivity index (χ0v) is 39.6. The molecule has 0 aromatic heterocycles. The van der Waals surface area contributed by atoms with Gasteiger partial charge in [0.25, 0.3) is 11.4 Å². The minimum absolute atomic E-state index is 0.0230. The molecule has 3 unspecified atom stereocenters. The molecule has 16 nitrogen and oxygen atoms in total. The van der Waals surface area contributed by atoms with Crippen LogP contribution in [-0.4, -0.2) is 96.9 Å². The number of methoxy groups -OCH3 is 1. The smallest absolute Gasteiger partial charge is 0.338 e. The molecule has 3 saturated heterocycles. The van der Waals surface area contributed by atoms with E-state index in [1.54, 1.807) is 7.11 Å². The molecule has 0 N–H and O–H groups in total. The van der Waals surface area contributed by atoms with Gasteiger partial charge in [-0.2, -0.15) is 0 Å². The summed E-state index contributed by atoms with van der Waals surface area (Å²) in [6.45, 7) is 16.4. The summed E-state index contributed by atoms with van der Waals surface area (Å²) in [4.78, 5) is 60.3. The molecule has 366 valence electrons. The van der Waals surface area contributed by atoms with Crippen molar-refractivity contribution in [3.8, 4) is 0 Å². The molecular weight excluding hydrogens is 877 g/mol. The Morgan fingerprint density at radius 2 is 1.40 bits per heavy atom. The normalized spacial score (nSPS) is 25.4. The highest BCUT2D eigenvalue weighted by Crippen LogP contribution is 2.41. The molecule has 0 spiro atoms. The van der Waals surface area contributed by atoms with Gasteiger partial charge in [0.15, 0.2) is 0 Å². The summed E-state index contributed by atoms with van der Waals surface area (Å²) in [5.74, 6) is -1.81. The van der Waals surface area contributed by atoms with Crippen molar-refractivity contribution in [3.63, 3.8) is 0 Å². The molecule has 16 heteroatoms. The fourth-order valence-corrected chi connectivity index (χ4v) is 9.20. The minimum Gasteiger partial charge on any atom is -0.465 e. The average Bonchev–Trinajstić information content (AvgIpc) is 3.83. The Kier molecular flexibility index (Phi) is 17.8. The number of esters is 3. The number of hydrogen-bond acceptors (Lipinski definition) is 14. The van der Waals surface area contributed by atoms with Crippen molar-refractivity contribution < 1.29 is 57.4 Å². The number of carbonyl (C=O) groups is 3. The van der Waals surface area contributed by atoms with E-state index in [0.717, 1.165) is 48.8 Å². The van der Waals surface area contributed by atoms with Crippen LogP contribution < -0.4 is 0 Å². The van der Waals surface area contributed by atoms with Crippen molar-refractivity contribution >= 4 is 29.3 Å². The van der Waals surface area contributed by atoms with Gasteiger partial charge in [0.2, 0.25) is 0 Å². The van der Waals surface area contributed by atoms with Crippen LogP contribution in [0.15, 0.2) is 103 Å². The van der Waals surface area contributed by atoms with E-state index < -0.39 is 58.2 Å². The quantitative estimate of drug-likeness (QED) is 0.0244. The second-order valence-corrected chi connectivity index (χ2v) is 19.1. The third kappa shape index (κ3) is 13.9. The molecule has 0 aliphatic carbocycles. The van der Waals surface area contributed by atoms with Gasteiger partial charge >= 0.3 is 17.9 Å². The third-order valence-corrected chi connectivity index (χ3v) is 13.0. The molecule has 3 aromatic carbocycles. The van der Waals surface area contributed by atoms with Crippen LogP contribution in [0.1, 0.15) is 105 Å². The summed E-state index contributed by atoms with van der Waals surface area (Å²) < 4.78 is 43.5. The van der Waals surface area contributed by atoms with Gasteiger partial charge in [0.1, 0.15) is 12.7 Å².